The fraction of sp³-hybridized carbons (Fsp3) is 0.333. The van der Waals surface area contributed by atoms with Gasteiger partial charge in [0.2, 0.25) is 0 Å². The lowest BCUT2D eigenvalue weighted by Gasteiger charge is -2.09. The van der Waals surface area contributed by atoms with E-state index in [0.29, 0.717) is 0 Å². The van der Waals surface area contributed by atoms with Crippen molar-refractivity contribution in [3.8, 4) is 0 Å². The molecule has 1 unspecified atom stereocenters. The molecular formula is C9H12ClN. The van der Waals surface area contributed by atoms with E-state index < -0.39 is 0 Å². The molecule has 0 spiro atoms. The highest BCUT2D eigenvalue weighted by atomic mass is 35.5. The van der Waals surface area contributed by atoms with Gasteiger partial charge in [0, 0.05) is 11.1 Å². The van der Waals surface area contributed by atoms with E-state index in [1.807, 2.05) is 32.0 Å². The third kappa shape index (κ3) is 1.95. The Morgan fingerprint density at radius 2 is 2.09 bits per heavy atom. The molecule has 0 bridgehead atoms. The molecule has 0 aliphatic rings. The molecular weight excluding hydrogens is 158 g/mol. The first-order chi connectivity index (χ1) is 5.11. The number of hydrogen-bond acceptors (Lipinski definition) is 1. The minimum Gasteiger partial charge on any atom is -0.324 e. The average Bonchev–Trinajstić information content (AvgIpc) is 1.94. The first-order valence-corrected chi connectivity index (χ1v) is 4.00. The molecule has 2 heteroatoms. The Kier molecular flexibility index (Phi) is 2.53. The van der Waals surface area contributed by atoms with Gasteiger partial charge in [0.25, 0.3) is 0 Å². The summed E-state index contributed by atoms with van der Waals surface area (Å²) in [6, 6.07) is 5.85. The monoisotopic (exact) mass is 169 g/mol. The normalized spacial score (nSPS) is 13.1. The van der Waals surface area contributed by atoms with Crippen LogP contribution in [-0.2, 0) is 0 Å². The molecule has 0 heterocycles. The van der Waals surface area contributed by atoms with Crippen LogP contribution in [0, 0.1) is 6.92 Å². The van der Waals surface area contributed by atoms with Crippen LogP contribution in [0.3, 0.4) is 0 Å². The molecule has 11 heavy (non-hydrogen) atoms. The molecule has 1 aromatic carbocycles. The lowest BCUT2D eigenvalue weighted by atomic mass is 10.0. The summed E-state index contributed by atoms with van der Waals surface area (Å²) in [7, 11) is 0. The van der Waals surface area contributed by atoms with Gasteiger partial charge in [-0.15, -0.1) is 0 Å². The Hall–Kier alpha value is -0.530. The standard InChI is InChI=1S/C9H12ClN/c1-6-3-4-8(10)5-9(6)7(2)11/h3-5,7H,11H2,1-2H3. The Bertz CT molecular complexity index is 256. The van der Waals surface area contributed by atoms with Gasteiger partial charge in [-0.25, -0.2) is 0 Å². The second kappa shape index (κ2) is 3.24. The van der Waals surface area contributed by atoms with E-state index in [-0.39, 0.29) is 6.04 Å². The number of halogens is 1. The van der Waals surface area contributed by atoms with Crippen LogP contribution in [0.25, 0.3) is 0 Å². The number of hydrogen-bond donors (Lipinski definition) is 1. The first kappa shape index (κ1) is 8.57. The predicted octanol–water partition coefficient (Wildman–Crippen LogP) is 2.67. The van der Waals surface area contributed by atoms with E-state index in [0.717, 1.165) is 10.6 Å². The second-order valence-corrected chi connectivity index (χ2v) is 3.23. The fourth-order valence-corrected chi connectivity index (χ4v) is 1.28. The predicted molar refractivity (Wildman–Crippen MR) is 48.8 cm³/mol. The molecule has 1 aromatic rings. The Morgan fingerprint density at radius 1 is 1.45 bits per heavy atom. The van der Waals surface area contributed by atoms with E-state index in [9.17, 15) is 0 Å². The van der Waals surface area contributed by atoms with Crippen molar-refractivity contribution in [2.45, 2.75) is 19.9 Å². The van der Waals surface area contributed by atoms with Crippen molar-refractivity contribution in [1.82, 2.24) is 0 Å². The molecule has 0 aliphatic heterocycles. The molecule has 0 fully saturated rings. The van der Waals surface area contributed by atoms with Crippen LogP contribution in [-0.4, -0.2) is 0 Å². The van der Waals surface area contributed by atoms with Gasteiger partial charge in [0.1, 0.15) is 0 Å². The van der Waals surface area contributed by atoms with Gasteiger partial charge in [-0.1, -0.05) is 17.7 Å². The summed E-state index contributed by atoms with van der Waals surface area (Å²) in [5, 5.41) is 0.753. The highest BCUT2D eigenvalue weighted by molar-refractivity contribution is 6.30. The molecule has 1 nitrogen and oxygen atoms in total. The maximum atomic E-state index is 5.81. The van der Waals surface area contributed by atoms with Crippen molar-refractivity contribution in [2.24, 2.45) is 5.73 Å². The second-order valence-electron chi connectivity index (χ2n) is 2.79. The summed E-state index contributed by atoms with van der Waals surface area (Å²) in [5.41, 5.74) is 8.05. The van der Waals surface area contributed by atoms with Crippen LogP contribution < -0.4 is 5.73 Å². The number of benzene rings is 1. The molecule has 0 aliphatic carbocycles. The lowest BCUT2D eigenvalue weighted by Crippen LogP contribution is -2.06. The topological polar surface area (TPSA) is 26.0 Å². The van der Waals surface area contributed by atoms with Gasteiger partial charge in [0.05, 0.1) is 0 Å². The SMILES string of the molecule is Cc1ccc(Cl)cc1C(C)N. The fourth-order valence-electron chi connectivity index (χ4n) is 1.10. The summed E-state index contributed by atoms with van der Waals surface area (Å²) in [6.45, 7) is 3.99. The summed E-state index contributed by atoms with van der Waals surface area (Å²) >= 11 is 5.81. The number of nitrogens with two attached hydrogens (primary N) is 1. The van der Waals surface area contributed by atoms with E-state index in [2.05, 4.69) is 0 Å². The van der Waals surface area contributed by atoms with Gasteiger partial charge in [-0.3, -0.25) is 0 Å². The smallest absolute Gasteiger partial charge is 0.0409 e. The van der Waals surface area contributed by atoms with Crippen LogP contribution in [0.15, 0.2) is 18.2 Å². The van der Waals surface area contributed by atoms with Crippen molar-refractivity contribution >= 4 is 11.6 Å². The summed E-state index contributed by atoms with van der Waals surface area (Å²) in [6.07, 6.45) is 0. The van der Waals surface area contributed by atoms with E-state index in [4.69, 9.17) is 17.3 Å². The third-order valence-corrected chi connectivity index (χ3v) is 1.97. The van der Waals surface area contributed by atoms with Gasteiger partial charge < -0.3 is 5.73 Å². The Balaban J connectivity index is 3.13. The average molecular weight is 170 g/mol. The molecule has 0 saturated carbocycles. The molecule has 0 aromatic heterocycles. The summed E-state index contributed by atoms with van der Waals surface area (Å²) in [4.78, 5) is 0. The summed E-state index contributed by atoms with van der Waals surface area (Å²) < 4.78 is 0. The maximum Gasteiger partial charge on any atom is 0.0409 e. The Morgan fingerprint density at radius 3 is 2.55 bits per heavy atom. The first-order valence-electron chi connectivity index (χ1n) is 3.63. The van der Waals surface area contributed by atoms with Crippen molar-refractivity contribution < 1.29 is 0 Å². The molecule has 0 amide bonds. The quantitative estimate of drug-likeness (QED) is 0.688. The largest absolute Gasteiger partial charge is 0.324 e. The summed E-state index contributed by atoms with van der Waals surface area (Å²) in [5.74, 6) is 0. The number of aryl methyl sites for hydroxylation is 1. The van der Waals surface area contributed by atoms with E-state index in [1.165, 1.54) is 5.56 Å². The highest BCUT2D eigenvalue weighted by Crippen LogP contribution is 2.19. The van der Waals surface area contributed by atoms with Gasteiger partial charge >= 0.3 is 0 Å². The minimum absolute atomic E-state index is 0.0636. The van der Waals surface area contributed by atoms with E-state index in [1.54, 1.807) is 0 Å². The molecule has 0 saturated heterocycles. The van der Waals surface area contributed by atoms with Crippen LogP contribution in [0.5, 0.6) is 0 Å². The maximum absolute atomic E-state index is 5.81. The van der Waals surface area contributed by atoms with Gasteiger partial charge in [0.15, 0.2) is 0 Å². The van der Waals surface area contributed by atoms with Gasteiger partial charge in [-0.05, 0) is 37.1 Å². The van der Waals surface area contributed by atoms with Crippen molar-refractivity contribution in [3.05, 3.63) is 34.3 Å². The molecule has 60 valence electrons. The van der Waals surface area contributed by atoms with Crippen LogP contribution >= 0.6 is 11.6 Å². The van der Waals surface area contributed by atoms with Crippen molar-refractivity contribution in [3.63, 3.8) is 0 Å². The number of rotatable bonds is 1. The van der Waals surface area contributed by atoms with Crippen molar-refractivity contribution in [2.75, 3.05) is 0 Å². The van der Waals surface area contributed by atoms with Crippen molar-refractivity contribution in [1.29, 1.82) is 0 Å². The van der Waals surface area contributed by atoms with Crippen LogP contribution in [0.2, 0.25) is 5.02 Å². The lowest BCUT2D eigenvalue weighted by molar-refractivity contribution is 0.810. The Labute approximate surface area is 72.2 Å². The van der Waals surface area contributed by atoms with Gasteiger partial charge in [-0.2, -0.15) is 0 Å². The molecule has 0 radical (unpaired) electrons. The zero-order valence-electron chi connectivity index (χ0n) is 6.76. The highest BCUT2D eigenvalue weighted by Gasteiger charge is 2.02. The zero-order valence-corrected chi connectivity index (χ0v) is 7.52. The third-order valence-electron chi connectivity index (χ3n) is 1.73. The minimum atomic E-state index is 0.0636. The molecule has 2 N–H and O–H groups in total. The van der Waals surface area contributed by atoms with E-state index >= 15 is 0 Å². The van der Waals surface area contributed by atoms with Crippen LogP contribution in [0.4, 0.5) is 0 Å². The molecule has 1 atom stereocenters. The molecule has 1 rings (SSSR count). The van der Waals surface area contributed by atoms with Crippen LogP contribution in [0.1, 0.15) is 24.1 Å². The zero-order chi connectivity index (χ0) is 8.43.